The van der Waals surface area contributed by atoms with Gasteiger partial charge >= 0.3 is 5.97 Å². The number of aromatic carboxylic acids is 1. The van der Waals surface area contributed by atoms with E-state index < -0.39 is 21.6 Å². The highest BCUT2D eigenvalue weighted by molar-refractivity contribution is 7.91. The monoisotopic (exact) mass is 321 g/mol. The van der Waals surface area contributed by atoms with Crippen LogP contribution in [0.5, 0.6) is 0 Å². The average molecular weight is 321 g/mol. The highest BCUT2D eigenvalue weighted by Gasteiger charge is 2.25. The van der Waals surface area contributed by atoms with Gasteiger partial charge in [-0.05, 0) is 39.3 Å². The Kier molecular flexibility index (Phi) is 5.31. The van der Waals surface area contributed by atoms with Crippen LogP contribution in [0, 0.1) is 6.92 Å². The smallest absolute Gasteiger partial charge is 0.346 e. The van der Waals surface area contributed by atoms with Gasteiger partial charge in [0.2, 0.25) is 10.0 Å². The molecule has 2 N–H and O–H groups in total. The summed E-state index contributed by atoms with van der Waals surface area (Å²) < 4.78 is 32.1. The number of sulfonamides is 1. The second-order valence-electron chi connectivity index (χ2n) is 4.90. The molecule has 0 radical (unpaired) electrons. The van der Waals surface area contributed by atoms with Gasteiger partial charge in [0.25, 0.3) is 0 Å². The normalized spacial score (nSPS) is 12.6. The van der Waals surface area contributed by atoms with E-state index in [2.05, 4.69) is 4.72 Å². The van der Waals surface area contributed by atoms with Gasteiger partial charge in [-0.2, -0.15) is 0 Å². The molecule has 0 saturated carbocycles. The lowest BCUT2D eigenvalue weighted by molar-refractivity contribution is -0.00514. The Hall–Kier alpha value is -0.960. The second-order valence-corrected chi connectivity index (χ2v) is 7.95. The molecule has 0 aromatic carbocycles. The molecular formula is C12H19NO5S2. The summed E-state index contributed by atoms with van der Waals surface area (Å²) in [6.07, 6.45) is 0. The van der Waals surface area contributed by atoms with Crippen molar-refractivity contribution >= 4 is 27.3 Å². The first-order valence-electron chi connectivity index (χ1n) is 6.06. The number of nitrogens with one attached hydrogen (secondary N) is 1. The molecule has 20 heavy (non-hydrogen) atoms. The highest BCUT2D eigenvalue weighted by atomic mass is 32.2. The van der Waals surface area contributed by atoms with E-state index in [0.29, 0.717) is 12.2 Å². The first kappa shape index (κ1) is 17.1. The van der Waals surface area contributed by atoms with Gasteiger partial charge in [0.15, 0.2) is 0 Å². The molecule has 0 bridgehead atoms. The summed E-state index contributed by atoms with van der Waals surface area (Å²) in [5.41, 5.74) is -0.184. The van der Waals surface area contributed by atoms with Gasteiger partial charge in [-0.1, -0.05) is 0 Å². The van der Waals surface area contributed by atoms with E-state index in [-0.39, 0.29) is 15.6 Å². The number of hydrogen-bond acceptors (Lipinski definition) is 5. The lowest BCUT2D eigenvalue weighted by atomic mass is 10.1. The molecule has 114 valence electrons. The summed E-state index contributed by atoms with van der Waals surface area (Å²) in [6, 6.07) is 1.37. The molecule has 1 aromatic heterocycles. The molecule has 1 rings (SSSR count). The third-order valence-electron chi connectivity index (χ3n) is 2.58. The third-order valence-corrected chi connectivity index (χ3v) is 5.68. The zero-order chi connectivity index (χ0) is 15.6. The number of carbonyl (C=O) groups is 1. The van der Waals surface area contributed by atoms with Crippen LogP contribution in [-0.2, 0) is 14.8 Å². The van der Waals surface area contributed by atoms with E-state index in [4.69, 9.17) is 9.84 Å². The average Bonchev–Trinajstić information content (AvgIpc) is 2.70. The van der Waals surface area contributed by atoms with Crippen molar-refractivity contribution in [2.24, 2.45) is 0 Å². The molecule has 0 fully saturated rings. The number of carboxylic acids is 1. The molecule has 0 aliphatic rings. The zero-order valence-corrected chi connectivity index (χ0v) is 13.5. The maximum atomic E-state index is 12.1. The van der Waals surface area contributed by atoms with E-state index in [1.54, 1.807) is 20.8 Å². The first-order valence-corrected chi connectivity index (χ1v) is 8.36. The third kappa shape index (κ3) is 4.27. The molecule has 0 spiro atoms. The van der Waals surface area contributed by atoms with Crippen LogP contribution in [0.25, 0.3) is 0 Å². The van der Waals surface area contributed by atoms with Crippen molar-refractivity contribution in [1.82, 2.24) is 4.72 Å². The SMILES string of the molecule is CCOC(C)(C)CNS(=O)(=O)c1cc(C)c(C(=O)O)s1. The van der Waals surface area contributed by atoms with E-state index in [0.717, 1.165) is 11.3 Å². The molecule has 0 saturated heterocycles. The second kappa shape index (κ2) is 6.21. The van der Waals surface area contributed by atoms with Gasteiger partial charge in [-0.3, -0.25) is 0 Å². The van der Waals surface area contributed by atoms with Crippen LogP contribution in [-0.4, -0.2) is 38.2 Å². The van der Waals surface area contributed by atoms with Crippen LogP contribution in [0.2, 0.25) is 0 Å². The summed E-state index contributed by atoms with van der Waals surface area (Å²) in [5.74, 6) is -1.12. The van der Waals surface area contributed by atoms with Gasteiger partial charge in [0, 0.05) is 13.2 Å². The molecule has 1 heterocycles. The molecule has 0 aliphatic carbocycles. The molecule has 0 aliphatic heterocycles. The maximum absolute atomic E-state index is 12.1. The molecule has 0 unspecified atom stereocenters. The minimum Gasteiger partial charge on any atom is -0.477 e. The largest absolute Gasteiger partial charge is 0.477 e. The van der Waals surface area contributed by atoms with E-state index in [1.807, 2.05) is 6.92 Å². The molecular weight excluding hydrogens is 302 g/mol. The van der Waals surface area contributed by atoms with Crippen LogP contribution >= 0.6 is 11.3 Å². The Morgan fingerprint density at radius 1 is 1.50 bits per heavy atom. The van der Waals surface area contributed by atoms with Crippen molar-refractivity contribution in [3.63, 3.8) is 0 Å². The summed E-state index contributed by atoms with van der Waals surface area (Å²) in [6.45, 7) is 7.56. The van der Waals surface area contributed by atoms with Crippen LogP contribution in [0.4, 0.5) is 0 Å². The molecule has 8 heteroatoms. The quantitative estimate of drug-likeness (QED) is 0.799. The number of aryl methyl sites for hydroxylation is 1. The van der Waals surface area contributed by atoms with Crippen LogP contribution in [0.1, 0.15) is 36.0 Å². The minimum absolute atomic E-state index is 0.000279. The molecule has 0 amide bonds. The lowest BCUT2D eigenvalue weighted by Crippen LogP contribution is -2.40. The Balaban J connectivity index is 2.90. The summed E-state index contributed by atoms with van der Waals surface area (Å²) in [7, 11) is -3.72. The van der Waals surface area contributed by atoms with Gasteiger partial charge in [0.05, 0.1) is 5.60 Å². The van der Waals surface area contributed by atoms with Crippen molar-refractivity contribution in [3.8, 4) is 0 Å². The Labute approximate surface area is 122 Å². The van der Waals surface area contributed by atoms with Gasteiger partial charge in [-0.15, -0.1) is 11.3 Å². The fourth-order valence-corrected chi connectivity index (χ4v) is 4.20. The predicted octanol–water partition coefficient (Wildman–Crippen LogP) is 1.85. The Morgan fingerprint density at radius 2 is 2.10 bits per heavy atom. The standard InChI is InChI=1S/C12H19NO5S2/c1-5-18-12(3,4)7-13-20(16,17)9-6-8(2)10(19-9)11(14)15/h6,13H,5,7H2,1-4H3,(H,14,15). The molecule has 1 aromatic rings. The van der Waals surface area contributed by atoms with Crippen molar-refractivity contribution in [1.29, 1.82) is 0 Å². The Morgan fingerprint density at radius 3 is 2.55 bits per heavy atom. The maximum Gasteiger partial charge on any atom is 0.346 e. The molecule has 6 nitrogen and oxygen atoms in total. The fraction of sp³-hybridized carbons (Fsp3) is 0.583. The van der Waals surface area contributed by atoms with E-state index in [1.165, 1.54) is 6.07 Å². The van der Waals surface area contributed by atoms with Crippen LogP contribution in [0.15, 0.2) is 10.3 Å². The number of thiophene rings is 1. The highest BCUT2D eigenvalue weighted by Crippen LogP contribution is 2.26. The van der Waals surface area contributed by atoms with E-state index in [9.17, 15) is 13.2 Å². The minimum atomic E-state index is -3.72. The number of hydrogen-bond donors (Lipinski definition) is 2. The van der Waals surface area contributed by atoms with Crippen LogP contribution in [0.3, 0.4) is 0 Å². The predicted molar refractivity (Wildman–Crippen MR) is 76.9 cm³/mol. The van der Waals surface area contributed by atoms with Crippen molar-refractivity contribution in [2.75, 3.05) is 13.2 Å². The zero-order valence-electron chi connectivity index (χ0n) is 11.9. The van der Waals surface area contributed by atoms with Crippen molar-refractivity contribution in [3.05, 3.63) is 16.5 Å². The van der Waals surface area contributed by atoms with Gasteiger partial charge in [0.1, 0.15) is 9.09 Å². The van der Waals surface area contributed by atoms with E-state index >= 15 is 0 Å². The van der Waals surface area contributed by atoms with Crippen molar-refractivity contribution in [2.45, 2.75) is 37.5 Å². The number of ether oxygens (including phenoxy) is 1. The van der Waals surface area contributed by atoms with Crippen molar-refractivity contribution < 1.29 is 23.1 Å². The lowest BCUT2D eigenvalue weighted by Gasteiger charge is -2.24. The number of rotatable bonds is 7. The van der Waals surface area contributed by atoms with Gasteiger partial charge < -0.3 is 9.84 Å². The summed E-state index contributed by atoms with van der Waals surface area (Å²) in [4.78, 5) is 11.0. The summed E-state index contributed by atoms with van der Waals surface area (Å²) in [5, 5.41) is 8.95. The van der Waals surface area contributed by atoms with Gasteiger partial charge in [-0.25, -0.2) is 17.9 Å². The van der Waals surface area contributed by atoms with Crippen LogP contribution < -0.4 is 4.72 Å². The molecule has 0 atom stereocenters. The number of carboxylic acid groups (broad SMARTS) is 1. The topological polar surface area (TPSA) is 92.7 Å². The fourth-order valence-electron chi connectivity index (χ4n) is 1.58. The Bertz CT molecular complexity index is 589. The summed E-state index contributed by atoms with van der Waals surface area (Å²) >= 11 is 0.748. The first-order chi connectivity index (χ1) is 9.09.